The predicted molar refractivity (Wildman–Crippen MR) is 64.9 cm³/mol. The van der Waals surface area contributed by atoms with Crippen LogP contribution in [-0.2, 0) is 22.9 Å². The van der Waals surface area contributed by atoms with Gasteiger partial charge in [-0.25, -0.2) is 8.78 Å². The molecule has 0 saturated heterocycles. The van der Waals surface area contributed by atoms with Crippen LogP contribution in [0.15, 0.2) is 42.5 Å². The molecule has 0 heterocycles. The molecule has 18 heavy (non-hydrogen) atoms. The van der Waals surface area contributed by atoms with E-state index in [0.29, 0.717) is 0 Å². The standard InChI is InChI=1S/C13H9F2O.BrH.Zn/c14-11-6-12(15)8-13(7-11)16-9-10-4-2-1-3-5-10;;/h1-2,4-8H,9H2;1H;/q-1;;+2/p-1. The zero-order valence-corrected chi connectivity index (χ0v) is 14.1. The molecule has 0 aliphatic heterocycles. The molecule has 0 aromatic heterocycles. The van der Waals surface area contributed by atoms with E-state index >= 15 is 0 Å². The molecule has 0 saturated carbocycles. The number of halogens is 3. The molecule has 0 N–H and O–H groups in total. The van der Waals surface area contributed by atoms with Crippen LogP contribution < -0.4 is 4.74 Å². The van der Waals surface area contributed by atoms with Crippen LogP contribution in [0.25, 0.3) is 0 Å². The molecule has 90 valence electrons. The van der Waals surface area contributed by atoms with E-state index in [9.17, 15) is 8.78 Å². The van der Waals surface area contributed by atoms with Crippen molar-refractivity contribution in [3.63, 3.8) is 0 Å². The molecule has 1 nitrogen and oxygen atoms in total. The molecule has 0 atom stereocenters. The molecule has 0 aliphatic carbocycles. The van der Waals surface area contributed by atoms with Crippen molar-refractivity contribution in [2.45, 2.75) is 6.61 Å². The first kappa shape index (κ1) is 15.3. The van der Waals surface area contributed by atoms with Crippen LogP contribution in [0.1, 0.15) is 5.56 Å². The SMILES string of the molecule is Fc1cc(F)cc(OCc2c[c-]ccc2)c1.[Zn+][Br]. The summed E-state index contributed by atoms with van der Waals surface area (Å²) in [6.45, 7) is 0.264. The van der Waals surface area contributed by atoms with Crippen LogP contribution in [0, 0.1) is 17.7 Å². The minimum absolute atomic E-state index is 0.182. The van der Waals surface area contributed by atoms with Crippen LogP contribution in [0.5, 0.6) is 5.75 Å². The Morgan fingerprint density at radius 2 is 1.83 bits per heavy atom. The van der Waals surface area contributed by atoms with Gasteiger partial charge in [-0.15, -0.1) is 5.56 Å². The zero-order valence-electron chi connectivity index (χ0n) is 9.50. The predicted octanol–water partition coefficient (Wildman–Crippen LogP) is 4.19. The van der Waals surface area contributed by atoms with E-state index in [4.69, 9.17) is 4.74 Å². The Balaban J connectivity index is 0.000000771. The van der Waals surface area contributed by atoms with Crippen molar-refractivity contribution in [1.82, 2.24) is 0 Å². The first-order valence-corrected chi connectivity index (χ1v) is 12.0. The van der Waals surface area contributed by atoms with E-state index < -0.39 is 11.6 Å². The zero-order chi connectivity index (χ0) is 13.4. The second-order valence-electron chi connectivity index (χ2n) is 3.31. The van der Waals surface area contributed by atoms with Crippen LogP contribution >= 0.6 is 13.6 Å². The monoisotopic (exact) mass is 362 g/mol. The first-order valence-electron chi connectivity index (χ1n) is 5.04. The third-order valence-corrected chi connectivity index (χ3v) is 2.01. The van der Waals surface area contributed by atoms with Crippen LogP contribution in [0.4, 0.5) is 8.78 Å². The number of hydrogen-bond acceptors (Lipinski definition) is 1. The Labute approximate surface area is 121 Å². The maximum atomic E-state index is 12.8. The second-order valence-corrected chi connectivity index (χ2v) is 3.31. The van der Waals surface area contributed by atoms with Crippen molar-refractivity contribution in [2.75, 3.05) is 0 Å². The molecule has 0 radical (unpaired) electrons. The van der Waals surface area contributed by atoms with Crippen molar-refractivity contribution < 1.29 is 29.9 Å². The molecule has 5 heteroatoms. The molecule has 2 aromatic rings. The fourth-order valence-electron chi connectivity index (χ4n) is 1.30. The average Bonchev–Trinajstić information content (AvgIpc) is 2.39. The minimum atomic E-state index is -0.644. The van der Waals surface area contributed by atoms with E-state index in [1.54, 1.807) is 12.1 Å². The number of ether oxygens (including phenoxy) is 1. The Kier molecular flexibility index (Phi) is 7.06. The molecule has 0 spiro atoms. The summed E-state index contributed by atoms with van der Waals surface area (Å²) in [5.74, 6) is -1.11. The summed E-state index contributed by atoms with van der Waals surface area (Å²) in [7, 11) is 0. The topological polar surface area (TPSA) is 9.23 Å². The summed E-state index contributed by atoms with van der Waals surface area (Å²) < 4.78 is 30.9. The van der Waals surface area contributed by atoms with Gasteiger partial charge >= 0.3 is 30.0 Å². The van der Waals surface area contributed by atoms with Gasteiger partial charge in [0.05, 0.1) is 6.61 Å². The molecule has 0 amide bonds. The number of benzene rings is 2. The average molecular weight is 365 g/mol. The Morgan fingerprint density at radius 1 is 1.17 bits per heavy atom. The molecule has 0 unspecified atom stereocenters. The van der Waals surface area contributed by atoms with Crippen LogP contribution in [0.3, 0.4) is 0 Å². The summed E-state index contributed by atoms with van der Waals surface area (Å²) >= 11 is 4.25. The Bertz CT molecular complexity index is 459. The van der Waals surface area contributed by atoms with E-state index in [1.807, 2.05) is 12.1 Å². The molecule has 2 rings (SSSR count). The summed E-state index contributed by atoms with van der Waals surface area (Å²) in [6.07, 6.45) is 0. The van der Waals surface area contributed by atoms with E-state index in [0.717, 1.165) is 23.8 Å². The van der Waals surface area contributed by atoms with Gasteiger partial charge in [0.2, 0.25) is 0 Å². The number of rotatable bonds is 3. The van der Waals surface area contributed by atoms with Gasteiger partial charge in [0.15, 0.2) is 0 Å². The molecule has 0 aliphatic rings. The molecular formula is C13H9BrF2OZn. The van der Waals surface area contributed by atoms with E-state index in [-0.39, 0.29) is 12.4 Å². The second kappa shape index (κ2) is 8.33. The summed E-state index contributed by atoms with van der Waals surface area (Å²) in [5, 5.41) is 0. The fraction of sp³-hybridized carbons (Fsp3) is 0.0769. The number of hydrogen-bond donors (Lipinski definition) is 0. The van der Waals surface area contributed by atoms with E-state index in [1.165, 1.54) is 16.3 Å². The first-order chi connectivity index (χ1) is 8.74. The van der Waals surface area contributed by atoms with Gasteiger partial charge in [-0.05, 0) is 0 Å². The van der Waals surface area contributed by atoms with Crippen LogP contribution in [-0.4, -0.2) is 0 Å². The van der Waals surface area contributed by atoms with Gasteiger partial charge < -0.3 is 4.74 Å². The summed E-state index contributed by atoms with van der Waals surface area (Å²) in [6, 6.07) is 13.2. The molecule has 0 fully saturated rings. The van der Waals surface area contributed by atoms with E-state index in [2.05, 4.69) is 19.7 Å². The van der Waals surface area contributed by atoms with Crippen molar-refractivity contribution in [2.24, 2.45) is 0 Å². The third-order valence-electron chi connectivity index (χ3n) is 2.01. The van der Waals surface area contributed by atoms with Gasteiger partial charge in [0.25, 0.3) is 0 Å². The van der Waals surface area contributed by atoms with Gasteiger partial charge in [0, 0.05) is 18.2 Å². The van der Waals surface area contributed by atoms with Crippen molar-refractivity contribution in [3.8, 4) is 5.75 Å². The third kappa shape index (κ3) is 5.24. The van der Waals surface area contributed by atoms with Crippen molar-refractivity contribution in [1.29, 1.82) is 0 Å². The quantitative estimate of drug-likeness (QED) is 0.586. The van der Waals surface area contributed by atoms with Gasteiger partial charge in [-0.3, -0.25) is 0 Å². The van der Waals surface area contributed by atoms with Gasteiger partial charge in [-0.1, -0.05) is 0 Å². The Morgan fingerprint density at radius 3 is 2.39 bits per heavy atom. The molecular weight excluding hydrogens is 355 g/mol. The Hall–Kier alpha value is -0.797. The molecule has 2 aromatic carbocycles. The molecule has 0 bridgehead atoms. The van der Waals surface area contributed by atoms with Crippen LogP contribution in [0.2, 0.25) is 0 Å². The normalized spacial score (nSPS) is 9.39. The van der Waals surface area contributed by atoms with Gasteiger partial charge in [-0.2, -0.15) is 30.3 Å². The van der Waals surface area contributed by atoms with Crippen molar-refractivity contribution in [3.05, 3.63) is 65.7 Å². The van der Waals surface area contributed by atoms with Crippen molar-refractivity contribution >= 4 is 13.6 Å². The summed E-state index contributed by atoms with van der Waals surface area (Å²) in [4.78, 5) is 0. The van der Waals surface area contributed by atoms with Gasteiger partial charge in [0.1, 0.15) is 17.4 Å². The maximum absolute atomic E-state index is 12.8. The fourth-order valence-corrected chi connectivity index (χ4v) is 1.30. The summed E-state index contributed by atoms with van der Waals surface area (Å²) in [5.41, 5.74) is 0.896.